The highest BCUT2D eigenvalue weighted by molar-refractivity contribution is 5.98. The number of aliphatic hydroxyl groups is 1. The van der Waals surface area contributed by atoms with Crippen molar-refractivity contribution in [3.05, 3.63) is 12.2 Å². The van der Waals surface area contributed by atoms with Crippen molar-refractivity contribution in [3.63, 3.8) is 0 Å². The van der Waals surface area contributed by atoms with Crippen molar-refractivity contribution in [1.82, 2.24) is 0 Å². The lowest BCUT2D eigenvalue weighted by Gasteiger charge is -2.34. The highest BCUT2D eigenvalue weighted by Crippen LogP contribution is 2.43. The summed E-state index contributed by atoms with van der Waals surface area (Å²) in [6.45, 7) is 0. The predicted molar refractivity (Wildman–Crippen MR) is 45.7 cm³/mol. The third kappa shape index (κ3) is 0.944. The number of rotatable bonds is 0. The van der Waals surface area contributed by atoms with Crippen molar-refractivity contribution < 1.29 is 9.90 Å². The summed E-state index contributed by atoms with van der Waals surface area (Å²) in [5.41, 5.74) is -0.405. The second-order valence-electron chi connectivity index (χ2n) is 3.89. The molecule has 12 heavy (non-hydrogen) atoms. The minimum Gasteiger partial charge on any atom is -0.388 e. The van der Waals surface area contributed by atoms with E-state index in [-0.39, 0.29) is 5.78 Å². The van der Waals surface area contributed by atoms with E-state index in [1.165, 1.54) is 6.42 Å². The summed E-state index contributed by atoms with van der Waals surface area (Å²) in [5.74, 6) is 0.148. The molecule has 0 heterocycles. The molecule has 2 aliphatic carbocycles. The molecule has 0 bridgehead atoms. The Bertz CT molecular complexity index is 224. The van der Waals surface area contributed by atoms with Crippen molar-refractivity contribution in [1.29, 1.82) is 0 Å². The number of aliphatic hydroxyl groups excluding tert-OH is 1. The SMILES string of the molecule is O=C1C=CC(O)C12CCCCC2. The summed E-state index contributed by atoms with van der Waals surface area (Å²) < 4.78 is 0. The van der Waals surface area contributed by atoms with Crippen LogP contribution >= 0.6 is 0 Å². The molecule has 1 unspecified atom stereocenters. The minimum atomic E-state index is -0.509. The van der Waals surface area contributed by atoms with Gasteiger partial charge in [-0.05, 0) is 18.9 Å². The second-order valence-corrected chi connectivity index (χ2v) is 3.89. The molecule has 0 aromatic carbocycles. The van der Waals surface area contributed by atoms with Gasteiger partial charge in [0.25, 0.3) is 0 Å². The largest absolute Gasteiger partial charge is 0.388 e. The van der Waals surface area contributed by atoms with Crippen LogP contribution in [0.4, 0.5) is 0 Å². The van der Waals surface area contributed by atoms with E-state index in [0.717, 1.165) is 25.7 Å². The van der Waals surface area contributed by atoms with Crippen LogP contribution in [0.25, 0.3) is 0 Å². The van der Waals surface area contributed by atoms with Gasteiger partial charge in [-0.25, -0.2) is 0 Å². The van der Waals surface area contributed by atoms with E-state index in [1.807, 2.05) is 0 Å². The molecule has 2 aliphatic rings. The van der Waals surface area contributed by atoms with Crippen molar-refractivity contribution >= 4 is 5.78 Å². The summed E-state index contributed by atoms with van der Waals surface area (Å²) >= 11 is 0. The first-order chi connectivity index (χ1) is 5.76. The Morgan fingerprint density at radius 2 is 2.00 bits per heavy atom. The van der Waals surface area contributed by atoms with Gasteiger partial charge in [0, 0.05) is 0 Å². The fourth-order valence-corrected chi connectivity index (χ4v) is 2.40. The standard InChI is InChI=1S/C10H14O2/c11-8-4-5-9(12)10(8)6-2-1-3-7-10/h4-5,8,11H,1-3,6-7H2. The molecule has 0 amide bonds. The molecule has 0 aromatic heterocycles. The van der Waals surface area contributed by atoms with E-state index < -0.39 is 11.5 Å². The molecule has 0 aromatic rings. The van der Waals surface area contributed by atoms with E-state index in [2.05, 4.69) is 0 Å². The van der Waals surface area contributed by atoms with Gasteiger partial charge in [-0.2, -0.15) is 0 Å². The van der Waals surface area contributed by atoms with Gasteiger partial charge in [-0.15, -0.1) is 0 Å². The maximum Gasteiger partial charge on any atom is 0.164 e. The van der Waals surface area contributed by atoms with Crippen molar-refractivity contribution in [2.24, 2.45) is 5.41 Å². The third-order valence-electron chi connectivity index (χ3n) is 3.23. The molecule has 66 valence electrons. The Balaban J connectivity index is 2.23. The van der Waals surface area contributed by atoms with Crippen LogP contribution in [0.2, 0.25) is 0 Å². The number of ketones is 1. The van der Waals surface area contributed by atoms with Gasteiger partial charge in [0.1, 0.15) is 0 Å². The fourth-order valence-electron chi connectivity index (χ4n) is 2.40. The highest BCUT2D eigenvalue weighted by atomic mass is 16.3. The van der Waals surface area contributed by atoms with Crippen LogP contribution in [0.3, 0.4) is 0 Å². The quantitative estimate of drug-likeness (QED) is 0.591. The number of carbonyl (C=O) groups is 1. The second kappa shape index (κ2) is 2.70. The first kappa shape index (κ1) is 7.99. The molecule has 1 fully saturated rings. The summed E-state index contributed by atoms with van der Waals surface area (Å²) in [5, 5.41) is 9.67. The lowest BCUT2D eigenvalue weighted by molar-refractivity contribution is -0.129. The normalized spacial score (nSPS) is 33.1. The van der Waals surface area contributed by atoms with Crippen LogP contribution < -0.4 is 0 Å². The fraction of sp³-hybridized carbons (Fsp3) is 0.700. The molecule has 2 nitrogen and oxygen atoms in total. The van der Waals surface area contributed by atoms with Crippen LogP contribution in [-0.2, 0) is 4.79 Å². The average Bonchev–Trinajstić information content (AvgIpc) is 2.36. The number of carbonyl (C=O) groups excluding carboxylic acids is 1. The van der Waals surface area contributed by atoms with E-state index in [9.17, 15) is 9.90 Å². The van der Waals surface area contributed by atoms with Crippen LogP contribution in [-0.4, -0.2) is 17.0 Å². The smallest absolute Gasteiger partial charge is 0.164 e. The first-order valence-electron chi connectivity index (χ1n) is 4.66. The summed E-state index contributed by atoms with van der Waals surface area (Å²) in [7, 11) is 0. The lowest BCUT2D eigenvalue weighted by Crippen LogP contribution is -2.38. The van der Waals surface area contributed by atoms with E-state index in [0.29, 0.717) is 0 Å². The van der Waals surface area contributed by atoms with Crippen LogP contribution in [0.15, 0.2) is 12.2 Å². The van der Waals surface area contributed by atoms with E-state index in [4.69, 9.17) is 0 Å². The van der Waals surface area contributed by atoms with Gasteiger partial charge in [0.05, 0.1) is 11.5 Å². The van der Waals surface area contributed by atoms with Crippen LogP contribution in [0.1, 0.15) is 32.1 Å². The van der Waals surface area contributed by atoms with Gasteiger partial charge in [0.15, 0.2) is 5.78 Å². The zero-order valence-corrected chi connectivity index (χ0v) is 7.12. The molecule has 2 heteroatoms. The Morgan fingerprint density at radius 1 is 1.33 bits per heavy atom. The van der Waals surface area contributed by atoms with Gasteiger partial charge in [0.2, 0.25) is 0 Å². The molecule has 0 radical (unpaired) electrons. The number of hydrogen-bond donors (Lipinski definition) is 1. The Morgan fingerprint density at radius 3 is 2.50 bits per heavy atom. The molecule has 1 N–H and O–H groups in total. The molecular weight excluding hydrogens is 152 g/mol. The molecule has 2 rings (SSSR count). The molecule has 1 atom stereocenters. The van der Waals surface area contributed by atoms with Gasteiger partial charge >= 0.3 is 0 Å². The maximum absolute atomic E-state index is 11.5. The van der Waals surface area contributed by atoms with Crippen LogP contribution in [0, 0.1) is 5.41 Å². The van der Waals surface area contributed by atoms with Gasteiger partial charge in [-0.1, -0.05) is 25.3 Å². The average molecular weight is 166 g/mol. The Kier molecular flexibility index (Phi) is 1.80. The van der Waals surface area contributed by atoms with E-state index >= 15 is 0 Å². The summed E-state index contributed by atoms with van der Waals surface area (Å²) in [4.78, 5) is 11.5. The monoisotopic (exact) mass is 166 g/mol. The molecular formula is C10H14O2. The van der Waals surface area contributed by atoms with Crippen molar-refractivity contribution in [3.8, 4) is 0 Å². The third-order valence-corrected chi connectivity index (χ3v) is 3.23. The highest BCUT2D eigenvalue weighted by Gasteiger charge is 2.46. The molecule has 1 saturated carbocycles. The summed E-state index contributed by atoms with van der Waals surface area (Å²) in [6, 6.07) is 0. The van der Waals surface area contributed by atoms with Crippen LogP contribution in [0.5, 0.6) is 0 Å². The predicted octanol–water partition coefficient (Wildman–Crippen LogP) is 1.44. The van der Waals surface area contributed by atoms with Gasteiger partial charge < -0.3 is 5.11 Å². The topological polar surface area (TPSA) is 37.3 Å². The Hall–Kier alpha value is -0.630. The van der Waals surface area contributed by atoms with Crippen molar-refractivity contribution in [2.45, 2.75) is 38.2 Å². The molecule has 1 spiro atoms. The first-order valence-corrected chi connectivity index (χ1v) is 4.66. The zero-order valence-electron chi connectivity index (χ0n) is 7.12. The van der Waals surface area contributed by atoms with E-state index in [1.54, 1.807) is 12.2 Å². The number of hydrogen-bond acceptors (Lipinski definition) is 2. The lowest BCUT2D eigenvalue weighted by atomic mass is 9.70. The number of allylic oxidation sites excluding steroid dienone is 1. The van der Waals surface area contributed by atoms with Crippen molar-refractivity contribution in [2.75, 3.05) is 0 Å². The maximum atomic E-state index is 11.5. The molecule has 0 aliphatic heterocycles. The van der Waals surface area contributed by atoms with Gasteiger partial charge in [-0.3, -0.25) is 4.79 Å². The zero-order chi connectivity index (χ0) is 8.60. The summed E-state index contributed by atoms with van der Waals surface area (Å²) in [6.07, 6.45) is 7.82. The molecule has 0 saturated heterocycles. The minimum absolute atomic E-state index is 0.148. The Labute approximate surface area is 72.3 Å².